The molecule has 3 unspecified atom stereocenters. The summed E-state index contributed by atoms with van der Waals surface area (Å²) in [5.41, 5.74) is 0. The van der Waals surface area contributed by atoms with Crippen LogP contribution in [0, 0.1) is 0 Å². The van der Waals surface area contributed by atoms with Crippen LogP contribution in [0.4, 0.5) is 13.2 Å². The second-order valence-corrected chi connectivity index (χ2v) is 3.96. The SMILES string of the molecule is CCCNC1CC(OCC(F)(F)F)C1OC. The van der Waals surface area contributed by atoms with Crippen molar-refractivity contribution in [3.63, 3.8) is 0 Å². The van der Waals surface area contributed by atoms with Crippen LogP contribution >= 0.6 is 0 Å². The molecule has 0 aromatic carbocycles. The molecule has 1 aliphatic carbocycles. The van der Waals surface area contributed by atoms with Crippen molar-refractivity contribution >= 4 is 0 Å². The van der Waals surface area contributed by atoms with Gasteiger partial charge in [-0.05, 0) is 19.4 Å². The van der Waals surface area contributed by atoms with Crippen molar-refractivity contribution in [3.05, 3.63) is 0 Å². The van der Waals surface area contributed by atoms with Gasteiger partial charge in [-0.25, -0.2) is 0 Å². The monoisotopic (exact) mass is 241 g/mol. The Hall–Kier alpha value is -0.330. The maximum atomic E-state index is 11.9. The van der Waals surface area contributed by atoms with Crippen LogP contribution in [0.25, 0.3) is 0 Å². The van der Waals surface area contributed by atoms with Crippen molar-refractivity contribution in [2.24, 2.45) is 0 Å². The summed E-state index contributed by atoms with van der Waals surface area (Å²) in [6.45, 7) is 1.68. The molecule has 3 nitrogen and oxygen atoms in total. The number of alkyl halides is 3. The van der Waals surface area contributed by atoms with Gasteiger partial charge in [0, 0.05) is 13.2 Å². The maximum Gasteiger partial charge on any atom is 0.411 e. The van der Waals surface area contributed by atoms with Gasteiger partial charge in [-0.1, -0.05) is 6.92 Å². The fraction of sp³-hybridized carbons (Fsp3) is 1.00. The predicted molar refractivity (Wildman–Crippen MR) is 53.3 cm³/mol. The lowest BCUT2D eigenvalue weighted by atomic mass is 9.85. The lowest BCUT2D eigenvalue weighted by Crippen LogP contribution is -2.60. The number of methoxy groups -OCH3 is 1. The Balaban J connectivity index is 2.25. The molecule has 0 aromatic heterocycles. The van der Waals surface area contributed by atoms with Gasteiger partial charge in [-0.2, -0.15) is 13.2 Å². The molecular formula is C10H18F3NO2. The molecule has 16 heavy (non-hydrogen) atoms. The van der Waals surface area contributed by atoms with Gasteiger partial charge in [0.05, 0.1) is 12.2 Å². The fourth-order valence-electron chi connectivity index (χ4n) is 1.79. The summed E-state index contributed by atoms with van der Waals surface area (Å²) in [5, 5.41) is 3.21. The Bertz CT molecular complexity index is 211. The van der Waals surface area contributed by atoms with Crippen molar-refractivity contribution in [1.82, 2.24) is 5.32 Å². The van der Waals surface area contributed by atoms with E-state index in [2.05, 4.69) is 5.32 Å². The Morgan fingerprint density at radius 1 is 1.38 bits per heavy atom. The molecular weight excluding hydrogens is 223 g/mol. The first-order chi connectivity index (χ1) is 7.48. The molecule has 0 amide bonds. The van der Waals surface area contributed by atoms with Crippen molar-refractivity contribution in [2.45, 2.75) is 44.2 Å². The van der Waals surface area contributed by atoms with Gasteiger partial charge in [0.15, 0.2) is 0 Å². The minimum atomic E-state index is -4.26. The normalized spacial score (nSPS) is 30.2. The van der Waals surface area contributed by atoms with E-state index in [1.165, 1.54) is 7.11 Å². The summed E-state index contributed by atoms with van der Waals surface area (Å²) < 4.78 is 45.7. The van der Waals surface area contributed by atoms with E-state index in [9.17, 15) is 13.2 Å². The molecule has 0 bridgehead atoms. The van der Waals surface area contributed by atoms with Crippen LogP contribution < -0.4 is 5.32 Å². The average Bonchev–Trinajstić information content (AvgIpc) is 2.14. The highest BCUT2D eigenvalue weighted by Gasteiger charge is 2.43. The third-order valence-corrected chi connectivity index (χ3v) is 2.64. The number of hydrogen-bond acceptors (Lipinski definition) is 3. The van der Waals surface area contributed by atoms with Crippen LogP contribution in [-0.2, 0) is 9.47 Å². The van der Waals surface area contributed by atoms with Crippen molar-refractivity contribution < 1.29 is 22.6 Å². The molecule has 96 valence electrons. The van der Waals surface area contributed by atoms with E-state index < -0.39 is 18.9 Å². The first-order valence-corrected chi connectivity index (χ1v) is 5.42. The summed E-state index contributed by atoms with van der Waals surface area (Å²) in [7, 11) is 1.49. The molecule has 0 radical (unpaired) electrons. The van der Waals surface area contributed by atoms with Gasteiger partial charge in [0.2, 0.25) is 0 Å². The first-order valence-electron chi connectivity index (χ1n) is 5.42. The third kappa shape index (κ3) is 3.92. The van der Waals surface area contributed by atoms with Gasteiger partial charge in [0.25, 0.3) is 0 Å². The largest absolute Gasteiger partial charge is 0.411 e. The number of halogens is 3. The average molecular weight is 241 g/mol. The highest BCUT2D eigenvalue weighted by molar-refractivity contribution is 4.97. The van der Waals surface area contributed by atoms with Crippen LogP contribution in [0.3, 0.4) is 0 Å². The predicted octanol–water partition coefficient (Wildman–Crippen LogP) is 1.72. The molecule has 1 saturated carbocycles. The lowest BCUT2D eigenvalue weighted by Gasteiger charge is -2.43. The second-order valence-electron chi connectivity index (χ2n) is 3.96. The molecule has 0 spiro atoms. The molecule has 6 heteroatoms. The molecule has 1 rings (SSSR count). The summed E-state index contributed by atoms with van der Waals surface area (Å²) in [6, 6.07) is 0.114. The summed E-state index contributed by atoms with van der Waals surface area (Å²) in [4.78, 5) is 0. The summed E-state index contributed by atoms with van der Waals surface area (Å²) in [6.07, 6.45) is -3.41. The van der Waals surface area contributed by atoms with Gasteiger partial charge >= 0.3 is 6.18 Å². The molecule has 0 aliphatic heterocycles. The molecule has 1 fully saturated rings. The number of ether oxygens (including phenoxy) is 2. The van der Waals surface area contributed by atoms with Crippen molar-refractivity contribution in [3.8, 4) is 0 Å². The van der Waals surface area contributed by atoms with E-state index in [0.29, 0.717) is 6.42 Å². The van der Waals surface area contributed by atoms with Crippen LogP contribution in [0.2, 0.25) is 0 Å². The quantitative estimate of drug-likeness (QED) is 0.768. The van der Waals surface area contributed by atoms with E-state index in [0.717, 1.165) is 13.0 Å². The number of rotatable bonds is 6. The standard InChI is InChI=1S/C10H18F3NO2/c1-3-4-14-7-5-8(9(7)15-2)16-6-10(11,12)13/h7-9,14H,3-6H2,1-2H3. The van der Waals surface area contributed by atoms with Crippen LogP contribution in [0.1, 0.15) is 19.8 Å². The third-order valence-electron chi connectivity index (χ3n) is 2.64. The number of hydrogen-bond donors (Lipinski definition) is 1. The molecule has 0 saturated heterocycles. The summed E-state index contributed by atoms with van der Waals surface area (Å²) >= 11 is 0. The van der Waals surface area contributed by atoms with Gasteiger partial charge in [-0.15, -0.1) is 0 Å². The minimum absolute atomic E-state index is 0.114. The van der Waals surface area contributed by atoms with E-state index in [4.69, 9.17) is 9.47 Å². The Morgan fingerprint density at radius 2 is 2.06 bits per heavy atom. The maximum absolute atomic E-state index is 11.9. The zero-order chi connectivity index (χ0) is 12.2. The fourth-order valence-corrected chi connectivity index (χ4v) is 1.79. The van der Waals surface area contributed by atoms with E-state index >= 15 is 0 Å². The first kappa shape index (κ1) is 13.7. The molecule has 0 heterocycles. The second kappa shape index (κ2) is 5.84. The number of nitrogens with one attached hydrogen (secondary N) is 1. The van der Waals surface area contributed by atoms with Crippen LogP contribution in [0.5, 0.6) is 0 Å². The topological polar surface area (TPSA) is 30.5 Å². The van der Waals surface area contributed by atoms with E-state index in [1.807, 2.05) is 6.92 Å². The zero-order valence-corrected chi connectivity index (χ0v) is 9.51. The van der Waals surface area contributed by atoms with Crippen molar-refractivity contribution in [2.75, 3.05) is 20.3 Å². The Morgan fingerprint density at radius 3 is 2.56 bits per heavy atom. The highest BCUT2D eigenvalue weighted by atomic mass is 19.4. The van der Waals surface area contributed by atoms with Crippen LogP contribution in [-0.4, -0.2) is 44.7 Å². The van der Waals surface area contributed by atoms with E-state index in [1.54, 1.807) is 0 Å². The molecule has 0 aromatic rings. The van der Waals surface area contributed by atoms with Gasteiger partial charge in [0.1, 0.15) is 6.61 Å². The summed E-state index contributed by atoms with van der Waals surface area (Å²) in [5.74, 6) is 0. The smallest absolute Gasteiger partial charge is 0.377 e. The highest BCUT2D eigenvalue weighted by Crippen LogP contribution is 2.28. The molecule has 1 N–H and O–H groups in total. The van der Waals surface area contributed by atoms with E-state index in [-0.39, 0.29) is 12.1 Å². The zero-order valence-electron chi connectivity index (χ0n) is 9.51. The van der Waals surface area contributed by atoms with Gasteiger partial charge in [-0.3, -0.25) is 0 Å². The van der Waals surface area contributed by atoms with Gasteiger partial charge < -0.3 is 14.8 Å². The molecule has 1 aliphatic rings. The Kier molecular flexibility index (Phi) is 5.01. The van der Waals surface area contributed by atoms with Crippen LogP contribution in [0.15, 0.2) is 0 Å². The molecule has 3 atom stereocenters. The van der Waals surface area contributed by atoms with Crippen molar-refractivity contribution in [1.29, 1.82) is 0 Å². The lowest BCUT2D eigenvalue weighted by molar-refractivity contribution is -0.217. The minimum Gasteiger partial charge on any atom is -0.377 e. The Labute approximate surface area is 93.3 Å².